The van der Waals surface area contributed by atoms with E-state index in [1.807, 2.05) is 36.4 Å². The highest BCUT2D eigenvalue weighted by atomic mass is 16.5. The van der Waals surface area contributed by atoms with Crippen molar-refractivity contribution in [3.8, 4) is 17.2 Å². The van der Waals surface area contributed by atoms with Crippen molar-refractivity contribution >= 4 is 11.6 Å². The number of methoxy groups -OCH3 is 2. The smallest absolute Gasteiger partial charge is 0.234 e. The molecule has 2 aromatic rings. The van der Waals surface area contributed by atoms with Gasteiger partial charge in [0.25, 0.3) is 0 Å². The van der Waals surface area contributed by atoms with Gasteiger partial charge in [0, 0.05) is 31.9 Å². The molecule has 0 saturated carbocycles. The number of nitrogens with zero attached hydrogens (tertiary/aromatic N) is 2. The summed E-state index contributed by atoms with van der Waals surface area (Å²) < 4.78 is 16.1. The molecule has 0 unspecified atom stereocenters. The van der Waals surface area contributed by atoms with Crippen LogP contribution < -0.4 is 24.4 Å². The summed E-state index contributed by atoms with van der Waals surface area (Å²) in [5.74, 6) is 2.25. The van der Waals surface area contributed by atoms with E-state index >= 15 is 0 Å². The van der Waals surface area contributed by atoms with Gasteiger partial charge in [-0.05, 0) is 36.4 Å². The molecule has 1 saturated heterocycles. The maximum Gasteiger partial charge on any atom is 0.234 e. The number of para-hydroxylation sites is 2. The minimum absolute atomic E-state index is 0.0199. The Morgan fingerprint density at radius 3 is 2.28 bits per heavy atom. The van der Waals surface area contributed by atoms with Crippen LogP contribution in [-0.2, 0) is 4.79 Å². The van der Waals surface area contributed by atoms with Crippen molar-refractivity contribution in [2.75, 3.05) is 65.0 Å². The largest absolute Gasteiger partial charge is 0.497 e. The van der Waals surface area contributed by atoms with Crippen LogP contribution in [0.15, 0.2) is 48.5 Å². The van der Waals surface area contributed by atoms with E-state index in [4.69, 9.17) is 14.2 Å². The van der Waals surface area contributed by atoms with Crippen LogP contribution in [0.4, 0.5) is 5.69 Å². The first-order valence-corrected chi connectivity index (χ1v) is 9.83. The monoisotopic (exact) mass is 399 g/mol. The Morgan fingerprint density at radius 2 is 1.62 bits per heavy atom. The molecule has 1 fully saturated rings. The molecule has 2 aromatic carbocycles. The first kappa shape index (κ1) is 20.8. The molecule has 0 aromatic heterocycles. The van der Waals surface area contributed by atoms with Crippen LogP contribution in [-0.4, -0.2) is 70.9 Å². The molecule has 0 atom stereocenters. The van der Waals surface area contributed by atoms with Gasteiger partial charge in [0.2, 0.25) is 5.91 Å². The van der Waals surface area contributed by atoms with E-state index in [0.717, 1.165) is 31.9 Å². The number of ether oxygens (including phenoxy) is 3. The third-order valence-corrected chi connectivity index (χ3v) is 4.93. The van der Waals surface area contributed by atoms with Gasteiger partial charge in [0.15, 0.2) is 11.5 Å². The van der Waals surface area contributed by atoms with Crippen molar-refractivity contribution in [3.05, 3.63) is 48.5 Å². The normalized spacial score (nSPS) is 14.3. The number of anilines is 1. The van der Waals surface area contributed by atoms with Gasteiger partial charge < -0.3 is 24.4 Å². The Balaban J connectivity index is 1.34. The zero-order chi connectivity index (χ0) is 20.5. The summed E-state index contributed by atoms with van der Waals surface area (Å²) in [6.45, 7) is 4.78. The van der Waals surface area contributed by atoms with Crippen molar-refractivity contribution in [1.29, 1.82) is 0 Å². The molecule has 7 nitrogen and oxygen atoms in total. The fourth-order valence-electron chi connectivity index (χ4n) is 3.31. The van der Waals surface area contributed by atoms with E-state index in [-0.39, 0.29) is 5.91 Å². The summed E-state index contributed by atoms with van der Waals surface area (Å²) in [5, 5.41) is 2.92. The minimum Gasteiger partial charge on any atom is -0.497 e. The molecule has 0 aliphatic carbocycles. The number of carbonyl (C=O) groups is 1. The van der Waals surface area contributed by atoms with E-state index in [1.165, 1.54) is 5.69 Å². The van der Waals surface area contributed by atoms with E-state index in [1.54, 1.807) is 14.2 Å². The molecule has 1 amide bonds. The Morgan fingerprint density at radius 1 is 0.931 bits per heavy atom. The number of benzene rings is 2. The third kappa shape index (κ3) is 6.02. The SMILES string of the molecule is COc1ccc(N2CCN(CC(=O)NCCOc3ccccc3OC)CC2)cc1. The lowest BCUT2D eigenvalue weighted by molar-refractivity contribution is -0.122. The zero-order valence-electron chi connectivity index (χ0n) is 17.1. The molecule has 1 aliphatic rings. The van der Waals surface area contributed by atoms with Gasteiger partial charge in [-0.3, -0.25) is 9.69 Å². The highest BCUT2D eigenvalue weighted by Gasteiger charge is 2.19. The summed E-state index contributed by atoms with van der Waals surface area (Å²) >= 11 is 0. The second-order valence-corrected chi connectivity index (χ2v) is 6.81. The molecular weight excluding hydrogens is 370 g/mol. The molecule has 1 aliphatic heterocycles. The second kappa shape index (κ2) is 10.6. The van der Waals surface area contributed by atoms with Crippen molar-refractivity contribution in [2.45, 2.75) is 0 Å². The van der Waals surface area contributed by atoms with E-state index in [2.05, 4.69) is 27.2 Å². The molecular formula is C22H29N3O4. The lowest BCUT2D eigenvalue weighted by Crippen LogP contribution is -2.49. The van der Waals surface area contributed by atoms with Crippen molar-refractivity contribution in [1.82, 2.24) is 10.2 Å². The van der Waals surface area contributed by atoms with Gasteiger partial charge in [-0.1, -0.05) is 12.1 Å². The standard InChI is InChI=1S/C22H29N3O4/c1-27-19-9-7-18(8-10-19)25-14-12-24(13-15-25)17-22(26)23-11-16-29-21-6-4-3-5-20(21)28-2/h3-10H,11-17H2,1-2H3,(H,23,26). The van der Waals surface area contributed by atoms with Crippen molar-refractivity contribution < 1.29 is 19.0 Å². The van der Waals surface area contributed by atoms with E-state index < -0.39 is 0 Å². The van der Waals surface area contributed by atoms with Gasteiger partial charge in [-0.2, -0.15) is 0 Å². The first-order chi connectivity index (χ1) is 14.2. The van der Waals surface area contributed by atoms with Gasteiger partial charge in [0.05, 0.1) is 27.3 Å². The molecule has 1 heterocycles. The highest BCUT2D eigenvalue weighted by Crippen LogP contribution is 2.25. The van der Waals surface area contributed by atoms with Crippen LogP contribution in [0.25, 0.3) is 0 Å². The number of rotatable bonds is 9. The average Bonchev–Trinajstić information content (AvgIpc) is 2.77. The van der Waals surface area contributed by atoms with Crippen LogP contribution >= 0.6 is 0 Å². The van der Waals surface area contributed by atoms with Crippen LogP contribution in [0.3, 0.4) is 0 Å². The number of carbonyl (C=O) groups excluding carboxylic acids is 1. The first-order valence-electron chi connectivity index (χ1n) is 9.83. The van der Waals surface area contributed by atoms with Crippen LogP contribution in [0.1, 0.15) is 0 Å². The van der Waals surface area contributed by atoms with Gasteiger partial charge in [-0.25, -0.2) is 0 Å². The Hall–Kier alpha value is -2.93. The number of amides is 1. The molecule has 3 rings (SSSR count). The highest BCUT2D eigenvalue weighted by molar-refractivity contribution is 5.78. The lowest BCUT2D eigenvalue weighted by Gasteiger charge is -2.35. The molecule has 0 spiro atoms. The van der Waals surface area contributed by atoms with E-state index in [9.17, 15) is 4.79 Å². The predicted molar refractivity (Wildman–Crippen MR) is 113 cm³/mol. The fraction of sp³-hybridized carbons (Fsp3) is 0.409. The Labute approximate surface area is 172 Å². The van der Waals surface area contributed by atoms with Crippen molar-refractivity contribution in [3.63, 3.8) is 0 Å². The maximum absolute atomic E-state index is 12.2. The maximum atomic E-state index is 12.2. The third-order valence-electron chi connectivity index (χ3n) is 4.93. The second-order valence-electron chi connectivity index (χ2n) is 6.81. The summed E-state index contributed by atoms with van der Waals surface area (Å²) in [5.41, 5.74) is 1.18. The van der Waals surface area contributed by atoms with Crippen LogP contribution in [0.5, 0.6) is 17.2 Å². The zero-order valence-corrected chi connectivity index (χ0v) is 17.1. The quantitative estimate of drug-likeness (QED) is 0.651. The predicted octanol–water partition coefficient (Wildman–Crippen LogP) is 2.02. The number of nitrogens with one attached hydrogen (secondary N) is 1. The average molecular weight is 399 g/mol. The molecule has 7 heteroatoms. The number of hydrogen-bond donors (Lipinski definition) is 1. The molecule has 0 bridgehead atoms. The van der Waals surface area contributed by atoms with Gasteiger partial charge in [0.1, 0.15) is 12.4 Å². The van der Waals surface area contributed by atoms with Gasteiger partial charge in [-0.15, -0.1) is 0 Å². The summed E-state index contributed by atoms with van der Waals surface area (Å²) in [6.07, 6.45) is 0. The molecule has 29 heavy (non-hydrogen) atoms. The Kier molecular flexibility index (Phi) is 7.58. The molecule has 0 radical (unpaired) electrons. The molecule has 1 N–H and O–H groups in total. The van der Waals surface area contributed by atoms with Crippen LogP contribution in [0, 0.1) is 0 Å². The summed E-state index contributed by atoms with van der Waals surface area (Å²) in [7, 11) is 3.28. The summed E-state index contributed by atoms with van der Waals surface area (Å²) in [6, 6.07) is 15.6. The van der Waals surface area contributed by atoms with E-state index in [0.29, 0.717) is 31.2 Å². The lowest BCUT2D eigenvalue weighted by atomic mass is 10.2. The molecule has 156 valence electrons. The number of piperazine rings is 1. The minimum atomic E-state index is 0.0199. The van der Waals surface area contributed by atoms with Crippen molar-refractivity contribution in [2.24, 2.45) is 0 Å². The summed E-state index contributed by atoms with van der Waals surface area (Å²) in [4.78, 5) is 16.7. The Bertz CT molecular complexity index is 774. The van der Waals surface area contributed by atoms with Crippen LogP contribution in [0.2, 0.25) is 0 Å². The van der Waals surface area contributed by atoms with Gasteiger partial charge >= 0.3 is 0 Å². The fourth-order valence-corrected chi connectivity index (χ4v) is 3.31. The number of hydrogen-bond acceptors (Lipinski definition) is 6. The topological polar surface area (TPSA) is 63.3 Å².